The Balaban J connectivity index is 1.72. The zero-order chi connectivity index (χ0) is 16.2. The minimum Gasteiger partial charge on any atom is -0.253 e. The second-order valence-electron chi connectivity index (χ2n) is 4.91. The molecule has 0 aliphatic carbocycles. The molecule has 0 fully saturated rings. The van der Waals surface area contributed by atoms with Crippen molar-refractivity contribution in [2.75, 3.05) is 5.43 Å². The maximum absolute atomic E-state index is 6.09. The summed E-state index contributed by atoms with van der Waals surface area (Å²) >= 11 is 13.7. The highest BCUT2D eigenvalue weighted by Crippen LogP contribution is 2.25. The van der Waals surface area contributed by atoms with Gasteiger partial charge in [0.05, 0.1) is 22.0 Å². The van der Waals surface area contributed by atoms with Gasteiger partial charge >= 0.3 is 0 Å². The van der Waals surface area contributed by atoms with Crippen molar-refractivity contribution in [1.82, 2.24) is 4.98 Å². The number of anilines is 1. The zero-order valence-corrected chi connectivity index (χ0v) is 14.6. The smallest absolute Gasteiger partial charge is 0.203 e. The largest absolute Gasteiger partial charge is 0.253 e. The minimum atomic E-state index is 0.558. The van der Waals surface area contributed by atoms with Crippen molar-refractivity contribution < 1.29 is 0 Å². The van der Waals surface area contributed by atoms with E-state index in [0.29, 0.717) is 20.7 Å². The van der Waals surface area contributed by atoms with Gasteiger partial charge in [-0.15, -0.1) is 11.3 Å². The molecule has 0 radical (unpaired) electrons. The number of nitrogens with one attached hydrogen (secondary N) is 1. The number of hydrogen-bond donors (Lipinski definition) is 1. The summed E-state index contributed by atoms with van der Waals surface area (Å²) < 4.78 is 0. The van der Waals surface area contributed by atoms with Crippen LogP contribution in [0.5, 0.6) is 0 Å². The predicted octanol–water partition coefficient (Wildman–Crippen LogP) is 5.87. The number of rotatable bonds is 4. The van der Waals surface area contributed by atoms with Crippen molar-refractivity contribution in [3.05, 3.63) is 69.0 Å². The van der Waals surface area contributed by atoms with Crippen LogP contribution in [0, 0.1) is 6.92 Å². The molecule has 0 spiro atoms. The van der Waals surface area contributed by atoms with Gasteiger partial charge in [-0.1, -0.05) is 59.1 Å². The molecule has 0 bridgehead atoms. The molecule has 0 saturated carbocycles. The maximum Gasteiger partial charge on any atom is 0.203 e. The van der Waals surface area contributed by atoms with Gasteiger partial charge in [-0.25, -0.2) is 4.98 Å². The van der Waals surface area contributed by atoms with E-state index in [-0.39, 0.29) is 0 Å². The zero-order valence-electron chi connectivity index (χ0n) is 12.3. The Bertz CT molecular complexity index is 821. The van der Waals surface area contributed by atoms with E-state index < -0.39 is 0 Å². The molecule has 1 heterocycles. The standard InChI is InChI=1S/C17H13Cl2N3S/c1-11-5-7-12(8-6-11)16-10-23-17(21-16)22-20-9-13-14(18)3-2-4-15(13)19/h2-10H,1H3,(H,21,22)/b20-9+. The van der Waals surface area contributed by atoms with Crippen LogP contribution in [0.1, 0.15) is 11.1 Å². The lowest BCUT2D eigenvalue weighted by Gasteiger charge is -2.00. The van der Waals surface area contributed by atoms with Crippen LogP contribution in [0.4, 0.5) is 5.13 Å². The molecule has 3 rings (SSSR count). The molecule has 0 amide bonds. The summed E-state index contributed by atoms with van der Waals surface area (Å²) in [5.74, 6) is 0. The monoisotopic (exact) mass is 361 g/mol. The van der Waals surface area contributed by atoms with Gasteiger partial charge in [0.2, 0.25) is 5.13 Å². The maximum atomic E-state index is 6.09. The first-order chi connectivity index (χ1) is 11.1. The number of hydrogen-bond acceptors (Lipinski definition) is 4. The van der Waals surface area contributed by atoms with Crippen molar-refractivity contribution in [3.8, 4) is 11.3 Å². The highest BCUT2D eigenvalue weighted by atomic mass is 35.5. The van der Waals surface area contributed by atoms with Gasteiger partial charge in [0, 0.05) is 16.5 Å². The normalized spacial score (nSPS) is 11.1. The van der Waals surface area contributed by atoms with Gasteiger partial charge < -0.3 is 0 Å². The van der Waals surface area contributed by atoms with Crippen molar-refractivity contribution >= 4 is 45.9 Å². The van der Waals surface area contributed by atoms with E-state index in [2.05, 4.69) is 46.7 Å². The van der Waals surface area contributed by atoms with Crippen LogP contribution in [0.2, 0.25) is 10.0 Å². The Morgan fingerprint density at radius 1 is 1.09 bits per heavy atom. The molecule has 23 heavy (non-hydrogen) atoms. The molecule has 0 atom stereocenters. The summed E-state index contributed by atoms with van der Waals surface area (Å²) in [6, 6.07) is 13.6. The van der Waals surface area contributed by atoms with Gasteiger partial charge in [0.1, 0.15) is 0 Å². The number of aromatic nitrogens is 1. The van der Waals surface area contributed by atoms with E-state index in [4.69, 9.17) is 23.2 Å². The van der Waals surface area contributed by atoms with Gasteiger partial charge in [-0.05, 0) is 19.1 Å². The molecule has 3 nitrogen and oxygen atoms in total. The Kier molecular flexibility index (Phi) is 4.96. The Hall–Kier alpha value is -1.88. The SMILES string of the molecule is Cc1ccc(-c2csc(N/N=C/c3c(Cl)cccc3Cl)n2)cc1. The lowest BCUT2D eigenvalue weighted by Crippen LogP contribution is -1.91. The fourth-order valence-corrected chi connectivity index (χ4v) is 3.13. The van der Waals surface area contributed by atoms with E-state index in [0.717, 1.165) is 11.3 Å². The molecular formula is C17H13Cl2N3S. The number of halogens is 2. The van der Waals surface area contributed by atoms with Crippen molar-refractivity contribution in [2.45, 2.75) is 6.92 Å². The minimum absolute atomic E-state index is 0.558. The first kappa shape index (κ1) is 16.0. The molecule has 0 unspecified atom stereocenters. The average molecular weight is 362 g/mol. The van der Waals surface area contributed by atoms with Gasteiger partial charge in [-0.2, -0.15) is 5.10 Å². The van der Waals surface area contributed by atoms with Gasteiger partial charge in [0.15, 0.2) is 0 Å². The number of aryl methyl sites for hydroxylation is 1. The first-order valence-corrected chi connectivity index (χ1v) is 8.53. The third-order valence-electron chi connectivity index (χ3n) is 3.21. The number of benzene rings is 2. The Morgan fingerprint density at radius 2 is 1.78 bits per heavy atom. The van der Waals surface area contributed by atoms with E-state index in [1.165, 1.54) is 16.9 Å². The molecular weight excluding hydrogens is 349 g/mol. The third-order valence-corrected chi connectivity index (χ3v) is 4.61. The second-order valence-corrected chi connectivity index (χ2v) is 6.58. The van der Waals surface area contributed by atoms with E-state index >= 15 is 0 Å². The van der Waals surface area contributed by atoms with Crippen molar-refractivity contribution in [2.24, 2.45) is 5.10 Å². The van der Waals surface area contributed by atoms with Crippen LogP contribution in [0.3, 0.4) is 0 Å². The van der Waals surface area contributed by atoms with E-state index in [1.54, 1.807) is 24.4 Å². The van der Waals surface area contributed by atoms with Crippen LogP contribution in [0.25, 0.3) is 11.3 Å². The molecule has 2 aromatic carbocycles. The van der Waals surface area contributed by atoms with Crippen LogP contribution in [-0.2, 0) is 0 Å². The first-order valence-electron chi connectivity index (χ1n) is 6.89. The number of nitrogens with zero attached hydrogens (tertiary/aromatic N) is 2. The lowest BCUT2D eigenvalue weighted by molar-refractivity contribution is 1.29. The Morgan fingerprint density at radius 3 is 2.48 bits per heavy atom. The Labute approximate surface area is 148 Å². The van der Waals surface area contributed by atoms with E-state index in [9.17, 15) is 0 Å². The third kappa shape index (κ3) is 3.91. The summed E-state index contributed by atoms with van der Waals surface area (Å²) in [6.07, 6.45) is 1.59. The molecule has 0 aliphatic heterocycles. The molecule has 1 aromatic heterocycles. The van der Waals surface area contributed by atoms with Crippen LogP contribution >= 0.6 is 34.5 Å². The van der Waals surface area contributed by atoms with Gasteiger partial charge in [0.25, 0.3) is 0 Å². The summed E-state index contributed by atoms with van der Waals surface area (Å²) in [4.78, 5) is 4.51. The quantitative estimate of drug-likeness (QED) is 0.465. The fourth-order valence-electron chi connectivity index (χ4n) is 1.97. The van der Waals surface area contributed by atoms with Crippen molar-refractivity contribution in [1.29, 1.82) is 0 Å². The summed E-state index contributed by atoms with van der Waals surface area (Å²) in [7, 11) is 0. The predicted molar refractivity (Wildman–Crippen MR) is 100.0 cm³/mol. The van der Waals surface area contributed by atoms with Crippen LogP contribution < -0.4 is 5.43 Å². The molecule has 116 valence electrons. The number of hydrazone groups is 1. The average Bonchev–Trinajstić information content (AvgIpc) is 3.00. The molecule has 0 aliphatic rings. The molecule has 1 N–H and O–H groups in total. The lowest BCUT2D eigenvalue weighted by atomic mass is 10.1. The van der Waals surface area contributed by atoms with E-state index in [1.807, 2.05) is 5.38 Å². The van der Waals surface area contributed by atoms with Crippen molar-refractivity contribution in [3.63, 3.8) is 0 Å². The second kappa shape index (κ2) is 7.13. The van der Waals surface area contributed by atoms with Crippen LogP contribution in [-0.4, -0.2) is 11.2 Å². The summed E-state index contributed by atoms with van der Waals surface area (Å²) in [6.45, 7) is 2.06. The van der Waals surface area contributed by atoms with Crippen LogP contribution in [0.15, 0.2) is 52.9 Å². The molecule has 6 heteroatoms. The molecule has 0 saturated heterocycles. The molecule has 3 aromatic rings. The van der Waals surface area contributed by atoms with Gasteiger partial charge in [-0.3, -0.25) is 5.43 Å². The number of thiazole rings is 1. The summed E-state index contributed by atoms with van der Waals surface area (Å²) in [5, 5.41) is 7.97. The fraction of sp³-hybridized carbons (Fsp3) is 0.0588. The summed E-state index contributed by atoms with van der Waals surface area (Å²) in [5.41, 5.74) is 6.81. The highest BCUT2D eigenvalue weighted by molar-refractivity contribution is 7.14. The topological polar surface area (TPSA) is 37.3 Å². The highest BCUT2D eigenvalue weighted by Gasteiger charge is 2.04.